The van der Waals surface area contributed by atoms with Gasteiger partial charge < -0.3 is 15.1 Å². The van der Waals surface area contributed by atoms with E-state index in [0.717, 1.165) is 50.0 Å². The van der Waals surface area contributed by atoms with Crippen molar-refractivity contribution in [3.63, 3.8) is 0 Å². The predicted octanol–water partition coefficient (Wildman–Crippen LogP) is 2.05. The molecule has 2 aliphatic rings. The maximum atomic E-state index is 12.7. The summed E-state index contributed by atoms with van der Waals surface area (Å²) in [5, 5.41) is 3.17. The van der Waals surface area contributed by atoms with E-state index in [1.807, 2.05) is 41.1 Å². The first-order chi connectivity index (χ1) is 11.2. The van der Waals surface area contributed by atoms with Crippen LogP contribution in [-0.4, -0.2) is 54.3 Å². The number of carbonyl (C=O) groups excluding carboxylic acids is 2. The molecular weight excluding hydrogens is 326 g/mol. The van der Waals surface area contributed by atoms with Crippen molar-refractivity contribution in [2.45, 2.75) is 38.3 Å². The van der Waals surface area contributed by atoms with Gasteiger partial charge in [0.2, 0.25) is 5.91 Å². The van der Waals surface area contributed by atoms with Crippen LogP contribution in [0.5, 0.6) is 0 Å². The molecule has 0 aliphatic carbocycles. The molecule has 0 aromatic heterocycles. The highest BCUT2D eigenvalue weighted by atomic mass is 35.5. The Morgan fingerprint density at radius 3 is 2.58 bits per heavy atom. The zero-order valence-electron chi connectivity index (χ0n) is 14.2. The molecule has 1 N–H and O–H groups in total. The smallest absolute Gasteiger partial charge is 0.254 e. The van der Waals surface area contributed by atoms with Crippen molar-refractivity contribution in [2.75, 3.05) is 26.7 Å². The van der Waals surface area contributed by atoms with Crippen molar-refractivity contribution in [3.8, 4) is 0 Å². The molecule has 6 heteroatoms. The van der Waals surface area contributed by atoms with Crippen LogP contribution in [0.15, 0.2) is 24.3 Å². The number of nitrogens with one attached hydrogen (secondary N) is 1. The topological polar surface area (TPSA) is 52.7 Å². The lowest BCUT2D eigenvalue weighted by Crippen LogP contribution is -2.40. The first-order valence-corrected chi connectivity index (χ1v) is 8.51. The maximum absolute atomic E-state index is 12.7. The van der Waals surface area contributed by atoms with E-state index in [9.17, 15) is 9.59 Å². The predicted molar refractivity (Wildman–Crippen MR) is 96.3 cm³/mol. The van der Waals surface area contributed by atoms with Crippen LogP contribution in [0.1, 0.15) is 41.6 Å². The summed E-state index contributed by atoms with van der Waals surface area (Å²) < 4.78 is 0. The second-order valence-corrected chi connectivity index (χ2v) is 6.47. The molecule has 3 rings (SSSR count). The first-order valence-electron chi connectivity index (χ1n) is 8.51. The third-order valence-electron chi connectivity index (χ3n) is 4.82. The number of halogens is 1. The van der Waals surface area contributed by atoms with Gasteiger partial charge in [0.25, 0.3) is 5.91 Å². The van der Waals surface area contributed by atoms with E-state index in [-0.39, 0.29) is 24.2 Å². The summed E-state index contributed by atoms with van der Waals surface area (Å²) >= 11 is 0. The van der Waals surface area contributed by atoms with Gasteiger partial charge in [-0.15, -0.1) is 12.4 Å². The van der Waals surface area contributed by atoms with Gasteiger partial charge in [-0.2, -0.15) is 0 Å². The lowest BCUT2D eigenvalue weighted by atomic mass is 10.1. The number of nitrogens with zero attached hydrogens (tertiary/aromatic N) is 2. The highest BCUT2D eigenvalue weighted by Crippen LogP contribution is 2.20. The molecule has 132 valence electrons. The van der Waals surface area contributed by atoms with Gasteiger partial charge in [-0.25, -0.2) is 0 Å². The second-order valence-electron chi connectivity index (χ2n) is 6.47. The van der Waals surface area contributed by atoms with Crippen LogP contribution in [0, 0.1) is 0 Å². The van der Waals surface area contributed by atoms with Crippen molar-refractivity contribution in [2.24, 2.45) is 0 Å². The minimum atomic E-state index is 0. The Labute approximate surface area is 149 Å². The molecule has 1 aromatic carbocycles. The Morgan fingerprint density at radius 1 is 1.21 bits per heavy atom. The van der Waals surface area contributed by atoms with Crippen molar-refractivity contribution < 1.29 is 9.59 Å². The summed E-state index contributed by atoms with van der Waals surface area (Å²) in [6.07, 6.45) is 3.77. The SMILES string of the molecule is CNCC1CCCN1C(=O)c1ccc(CN2CCCC2=O)cc1.Cl. The Hall–Kier alpha value is -1.59. The molecule has 0 spiro atoms. The summed E-state index contributed by atoms with van der Waals surface area (Å²) in [7, 11) is 1.93. The molecule has 1 unspecified atom stereocenters. The molecule has 2 saturated heterocycles. The average molecular weight is 352 g/mol. The number of rotatable bonds is 5. The zero-order valence-corrected chi connectivity index (χ0v) is 15.0. The zero-order chi connectivity index (χ0) is 16.2. The number of benzene rings is 1. The fourth-order valence-corrected chi connectivity index (χ4v) is 3.56. The first kappa shape index (κ1) is 18.7. The quantitative estimate of drug-likeness (QED) is 0.883. The Morgan fingerprint density at radius 2 is 1.96 bits per heavy atom. The van der Waals surface area contributed by atoms with Gasteiger partial charge in [0, 0.05) is 44.2 Å². The summed E-state index contributed by atoms with van der Waals surface area (Å²) in [4.78, 5) is 28.2. The molecule has 0 bridgehead atoms. The Kier molecular flexibility index (Phi) is 6.63. The van der Waals surface area contributed by atoms with Gasteiger partial charge in [0.1, 0.15) is 0 Å². The monoisotopic (exact) mass is 351 g/mol. The van der Waals surface area contributed by atoms with E-state index in [2.05, 4.69) is 5.32 Å². The standard InChI is InChI=1S/C18H25N3O2.ClH/c1-19-12-16-4-2-11-21(16)18(23)15-8-6-14(7-9-15)13-20-10-3-5-17(20)22;/h6-9,16,19H,2-5,10-13H2,1H3;1H. The van der Waals surface area contributed by atoms with Crippen molar-refractivity contribution in [1.29, 1.82) is 0 Å². The molecule has 0 radical (unpaired) electrons. The fourth-order valence-electron chi connectivity index (χ4n) is 3.56. The molecule has 1 aromatic rings. The lowest BCUT2D eigenvalue weighted by Gasteiger charge is -2.24. The summed E-state index contributed by atoms with van der Waals surface area (Å²) in [5.74, 6) is 0.351. The minimum absolute atomic E-state index is 0. The van der Waals surface area contributed by atoms with Crippen molar-refractivity contribution >= 4 is 24.2 Å². The molecule has 1 atom stereocenters. The number of hydrogen-bond acceptors (Lipinski definition) is 3. The third-order valence-corrected chi connectivity index (χ3v) is 4.82. The minimum Gasteiger partial charge on any atom is -0.338 e. The number of likely N-dealkylation sites (N-methyl/N-ethyl adjacent to an activating group) is 1. The molecule has 2 fully saturated rings. The van der Waals surface area contributed by atoms with Gasteiger partial charge in [-0.1, -0.05) is 12.1 Å². The second kappa shape index (κ2) is 8.49. The van der Waals surface area contributed by atoms with Crippen LogP contribution < -0.4 is 5.32 Å². The third kappa shape index (κ3) is 4.08. The van der Waals surface area contributed by atoms with Gasteiger partial charge in [0.15, 0.2) is 0 Å². The van der Waals surface area contributed by atoms with Crippen LogP contribution in [0.4, 0.5) is 0 Å². The van der Waals surface area contributed by atoms with Crippen molar-refractivity contribution in [1.82, 2.24) is 15.1 Å². The highest BCUT2D eigenvalue weighted by Gasteiger charge is 2.28. The van der Waals surface area contributed by atoms with E-state index < -0.39 is 0 Å². The van der Waals surface area contributed by atoms with Crippen LogP contribution in [0.3, 0.4) is 0 Å². The summed E-state index contributed by atoms with van der Waals surface area (Å²) in [5.41, 5.74) is 1.83. The van der Waals surface area contributed by atoms with E-state index in [1.54, 1.807) is 0 Å². The van der Waals surface area contributed by atoms with E-state index >= 15 is 0 Å². The normalized spacial score (nSPS) is 20.4. The maximum Gasteiger partial charge on any atom is 0.254 e. The summed E-state index contributed by atoms with van der Waals surface area (Å²) in [6.45, 7) is 3.19. The lowest BCUT2D eigenvalue weighted by molar-refractivity contribution is -0.128. The van der Waals surface area contributed by atoms with Gasteiger partial charge in [-0.05, 0) is 44.0 Å². The molecule has 0 saturated carbocycles. The van der Waals surface area contributed by atoms with Crippen LogP contribution in [-0.2, 0) is 11.3 Å². The number of carbonyl (C=O) groups is 2. The molecule has 2 heterocycles. The van der Waals surface area contributed by atoms with E-state index in [0.29, 0.717) is 19.0 Å². The van der Waals surface area contributed by atoms with Crippen LogP contribution >= 0.6 is 12.4 Å². The largest absolute Gasteiger partial charge is 0.338 e. The van der Waals surface area contributed by atoms with Gasteiger partial charge in [-0.3, -0.25) is 9.59 Å². The van der Waals surface area contributed by atoms with Crippen molar-refractivity contribution in [3.05, 3.63) is 35.4 Å². The molecule has 2 aliphatic heterocycles. The highest BCUT2D eigenvalue weighted by molar-refractivity contribution is 5.94. The fraction of sp³-hybridized carbons (Fsp3) is 0.556. The van der Waals surface area contributed by atoms with E-state index in [1.165, 1.54) is 0 Å². The Bertz CT molecular complexity index is 576. The van der Waals surface area contributed by atoms with Gasteiger partial charge in [0.05, 0.1) is 0 Å². The molecule has 5 nitrogen and oxygen atoms in total. The van der Waals surface area contributed by atoms with Crippen LogP contribution in [0.25, 0.3) is 0 Å². The Balaban J connectivity index is 0.00000208. The van der Waals surface area contributed by atoms with E-state index in [4.69, 9.17) is 0 Å². The number of amides is 2. The average Bonchev–Trinajstić information content (AvgIpc) is 3.18. The van der Waals surface area contributed by atoms with Gasteiger partial charge >= 0.3 is 0 Å². The molecule has 24 heavy (non-hydrogen) atoms. The summed E-state index contributed by atoms with van der Waals surface area (Å²) in [6, 6.07) is 8.04. The molecule has 2 amide bonds. The number of likely N-dealkylation sites (tertiary alicyclic amines) is 2. The van der Waals surface area contributed by atoms with Crippen LogP contribution in [0.2, 0.25) is 0 Å². The number of hydrogen-bond donors (Lipinski definition) is 1. The molecular formula is C18H26ClN3O2.